The Kier molecular flexibility index (Phi) is 5.67. The van der Waals surface area contributed by atoms with E-state index < -0.39 is 23.1 Å². The molecule has 1 aromatic carbocycles. The topological polar surface area (TPSA) is 78.9 Å². The van der Waals surface area contributed by atoms with Crippen molar-refractivity contribution in [1.82, 2.24) is 0 Å². The molecule has 0 spiro atoms. The van der Waals surface area contributed by atoms with Gasteiger partial charge in [0.2, 0.25) is 5.91 Å². The van der Waals surface area contributed by atoms with Crippen molar-refractivity contribution in [1.29, 1.82) is 0 Å². The summed E-state index contributed by atoms with van der Waals surface area (Å²) in [6.07, 6.45) is -0.161. The Bertz CT molecular complexity index is 652. The largest absolute Gasteiger partial charge is 0.481 e. The smallest absolute Gasteiger partial charge is 0.309 e. The van der Waals surface area contributed by atoms with Gasteiger partial charge in [0.15, 0.2) is 0 Å². The summed E-state index contributed by atoms with van der Waals surface area (Å²) in [6.45, 7) is 8.02. The number of nitrogens with one attached hydrogen (secondary N) is 1. The van der Waals surface area contributed by atoms with E-state index >= 15 is 0 Å². The number of carbonyl (C=O) groups is 2. The lowest BCUT2D eigenvalue weighted by Crippen LogP contribution is -2.45. The van der Waals surface area contributed by atoms with Crippen LogP contribution < -0.4 is 10.2 Å². The number of rotatable bonds is 5. The number of amides is 1. The molecule has 6 nitrogen and oxygen atoms in total. The van der Waals surface area contributed by atoms with E-state index in [0.29, 0.717) is 24.5 Å². The average Bonchev–Trinajstić information content (AvgIpc) is 2.45. The molecular formula is C18H25FN2O4. The second kappa shape index (κ2) is 7.39. The van der Waals surface area contributed by atoms with E-state index in [1.807, 2.05) is 18.7 Å². The van der Waals surface area contributed by atoms with Crippen LogP contribution in [0.25, 0.3) is 0 Å². The molecule has 0 bridgehead atoms. The number of benzene rings is 1. The van der Waals surface area contributed by atoms with Gasteiger partial charge in [0.05, 0.1) is 23.3 Å². The first kappa shape index (κ1) is 19.2. The highest BCUT2D eigenvalue weighted by Crippen LogP contribution is 2.27. The number of carbonyl (C=O) groups excluding carboxylic acids is 1. The number of halogens is 1. The third kappa shape index (κ3) is 4.92. The molecule has 25 heavy (non-hydrogen) atoms. The molecular weight excluding hydrogens is 327 g/mol. The van der Waals surface area contributed by atoms with E-state index in [2.05, 4.69) is 5.32 Å². The summed E-state index contributed by atoms with van der Waals surface area (Å²) in [5.41, 5.74) is -0.407. The van der Waals surface area contributed by atoms with Crippen LogP contribution in [-0.2, 0) is 14.3 Å². The molecule has 1 amide bonds. The maximum absolute atomic E-state index is 14.5. The van der Waals surface area contributed by atoms with Gasteiger partial charge in [0, 0.05) is 25.2 Å². The lowest BCUT2D eigenvalue weighted by atomic mass is 9.89. The van der Waals surface area contributed by atoms with E-state index in [9.17, 15) is 14.0 Å². The molecule has 2 rings (SSSR count). The number of carboxylic acids is 1. The summed E-state index contributed by atoms with van der Waals surface area (Å²) in [5.74, 6) is -1.95. The van der Waals surface area contributed by atoms with Gasteiger partial charge in [0.1, 0.15) is 5.82 Å². The summed E-state index contributed by atoms with van der Waals surface area (Å²) >= 11 is 0. The summed E-state index contributed by atoms with van der Waals surface area (Å²) in [7, 11) is 0. The van der Waals surface area contributed by atoms with Gasteiger partial charge in [-0.05, 0) is 45.9 Å². The molecule has 1 fully saturated rings. The van der Waals surface area contributed by atoms with Crippen LogP contribution in [-0.4, -0.2) is 42.3 Å². The van der Waals surface area contributed by atoms with Crippen LogP contribution in [0.1, 0.15) is 34.1 Å². The third-order valence-electron chi connectivity index (χ3n) is 4.17. The van der Waals surface area contributed by atoms with Gasteiger partial charge in [-0.1, -0.05) is 0 Å². The number of anilines is 2. The highest BCUT2D eigenvalue weighted by molar-refractivity contribution is 5.94. The van der Waals surface area contributed by atoms with Gasteiger partial charge in [0.25, 0.3) is 0 Å². The Balaban J connectivity index is 2.06. The monoisotopic (exact) mass is 352 g/mol. The zero-order valence-electron chi connectivity index (χ0n) is 15.0. The molecule has 0 radical (unpaired) electrons. The van der Waals surface area contributed by atoms with Crippen molar-refractivity contribution in [2.75, 3.05) is 23.3 Å². The molecule has 0 aliphatic carbocycles. The molecule has 0 aromatic heterocycles. The molecule has 2 N–H and O–H groups in total. The molecule has 7 heteroatoms. The van der Waals surface area contributed by atoms with Crippen LogP contribution in [0.4, 0.5) is 15.8 Å². The first-order valence-electron chi connectivity index (χ1n) is 8.31. The predicted molar refractivity (Wildman–Crippen MR) is 93.3 cm³/mol. The van der Waals surface area contributed by atoms with E-state index in [-0.39, 0.29) is 18.6 Å². The molecule has 1 aliphatic heterocycles. The third-order valence-corrected chi connectivity index (χ3v) is 4.17. The fourth-order valence-electron chi connectivity index (χ4n) is 2.90. The van der Waals surface area contributed by atoms with Crippen LogP contribution in [0, 0.1) is 11.2 Å². The Labute approximate surface area is 147 Å². The van der Waals surface area contributed by atoms with Crippen LogP contribution in [0.15, 0.2) is 18.2 Å². The number of hydrogen-bond acceptors (Lipinski definition) is 4. The fourth-order valence-corrected chi connectivity index (χ4v) is 2.90. The van der Waals surface area contributed by atoms with E-state index in [1.165, 1.54) is 19.9 Å². The van der Waals surface area contributed by atoms with Crippen molar-refractivity contribution in [2.24, 2.45) is 5.41 Å². The molecule has 0 unspecified atom stereocenters. The zero-order valence-corrected chi connectivity index (χ0v) is 15.0. The van der Waals surface area contributed by atoms with E-state index in [0.717, 1.165) is 0 Å². The van der Waals surface area contributed by atoms with Crippen LogP contribution >= 0.6 is 0 Å². The minimum atomic E-state index is -1.18. The minimum Gasteiger partial charge on any atom is -0.481 e. The van der Waals surface area contributed by atoms with Crippen molar-refractivity contribution < 1.29 is 23.8 Å². The quantitative estimate of drug-likeness (QED) is 0.852. The van der Waals surface area contributed by atoms with Crippen LogP contribution in [0.2, 0.25) is 0 Å². The first-order valence-corrected chi connectivity index (χ1v) is 8.31. The van der Waals surface area contributed by atoms with E-state index in [1.54, 1.807) is 12.1 Å². The number of aliphatic carboxylic acids is 1. The number of hydrogen-bond donors (Lipinski definition) is 2. The summed E-state index contributed by atoms with van der Waals surface area (Å²) < 4.78 is 20.1. The van der Waals surface area contributed by atoms with Crippen molar-refractivity contribution in [3.8, 4) is 0 Å². The molecule has 2 atom stereocenters. The Morgan fingerprint density at radius 2 is 1.92 bits per heavy atom. The standard InChI is InChI=1S/C18H25FN2O4/c1-11-9-21(10-12(2)25-11)15-6-5-13(7-14(15)19)20-16(22)8-18(3,4)17(23)24/h5-7,11-12H,8-10H2,1-4H3,(H,20,22)(H,23,24)/t11-,12-/m0/s1. The normalized spacial score (nSPS) is 21.1. The number of nitrogens with zero attached hydrogens (tertiary/aromatic N) is 1. The van der Waals surface area contributed by atoms with Gasteiger partial charge in [-0.25, -0.2) is 4.39 Å². The zero-order chi connectivity index (χ0) is 18.8. The van der Waals surface area contributed by atoms with Crippen LogP contribution in [0.5, 0.6) is 0 Å². The highest BCUT2D eigenvalue weighted by Gasteiger charge is 2.30. The van der Waals surface area contributed by atoms with Crippen molar-refractivity contribution in [3.63, 3.8) is 0 Å². The maximum atomic E-state index is 14.5. The second-order valence-electron chi connectivity index (χ2n) is 7.24. The Morgan fingerprint density at radius 3 is 2.44 bits per heavy atom. The summed E-state index contributed by atoms with van der Waals surface area (Å²) in [5, 5.41) is 11.6. The SMILES string of the molecule is C[C@H]1CN(c2ccc(NC(=O)CC(C)(C)C(=O)O)cc2F)C[C@H](C)O1. The summed E-state index contributed by atoms with van der Waals surface area (Å²) in [6, 6.07) is 4.50. The molecule has 1 aromatic rings. The average molecular weight is 352 g/mol. The van der Waals surface area contributed by atoms with Gasteiger partial charge < -0.3 is 20.1 Å². The van der Waals surface area contributed by atoms with E-state index in [4.69, 9.17) is 9.84 Å². The molecule has 1 saturated heterocycles. The highest BCUT2D eigenvalue weighted by atomic mass is 19.1. The van der Waals surface area contributed by atoms with Crippen molar-refractivity contribution >= 4 is 23.3 Å². The minimum absolute atomic E-state index is 0.0146. The van der Waals surface area contributed by atoms with Gasteiger partial charge in [-0.2, -0.15) is 0 Å². The van der Waals surface area contributed by atoms with Crippen molar-refractivity contribution in [2.45, 2.75) is 46.3 Å². The Hall–Kier alpha value is -2.15. The van der Waals surface area contributed by atoms with Gasteiger partial charge >= 0.3 is 5.97 Å². The molecule has 138 valence electrons. The lowest BCUT2D eigenvalue weighted by molar-refractivity contribution is -0.148. The number of morpholine rings is 1. The molecule has 0 saturated carbocycles. The van der Waals surface area contributed by atoms with Crippen LogP contribution in [0.3, 0.4) is 0 Å². The van der Waals surface area contributed by atoms with Crippen molar-refractivity contribution in [3.05, 3.63) is 24.0 Å². The number of carboxylic acid groups (broad SMARTS) is 1. The fraction of sp³-hybridized carbons (Fsp3) is 0.556. The number of ether oxygens (including phenoxy) is 1. The first-order chi connectivity index (χ1) is 11.6. The predicted octanol–water partition coefficient (Wildman–Crippen LogP) is 2.88. The summed E-state index contributed by atoms with van der Waals surface area (Å²) in [4.78, 5) is 25.0. The second-order valence-corrected chi connectivity index (χ2v) is 7.24. The maximum Gasteiger partial charge on any atom is 0.309 e. The molecule has 1 heterocycles. The van der Waals surface area contributed by atoms with Gasteiger partial charge in [-0.15, -0.1) is 0 Å². The Morgan fingerprint density at radius 1 is 1.32 bits per heavy atom. The van der Waals surface area contributed by atoms with Gasteiger partial charge in [-0.3, -0.25) is 9.59 Å². The lowest BCUT2D eigenvalue weighted by Gasteiger charge is -2.37. The molecule has 1 aliphatic rings.